The molecular weight excluding hydrogens is 421 g/mol. The van der Waals surface area contributed by atoms with Gasteiger partial charge in [-0.05, 0) is 29.6 Å². The summed E-state index contributed by atoms with van der Waals surface area (Å²) in [6, 6.07) is 7.91. The highest BCUT2D eigenvalue weighted by Gasteiger charge is 2.34. The molecule has 1 N–H and O–H groups in total. The standard InChI is InChI=1S/C19H9F3N4OS2/c20-19(21,22)12-8-10(11-2-1-7-28-11)13-14-15(29-18(13)24-12)17(27)26-16(25-14)9-3-5-23-6-4-9/h1-8H,(H,25,26,27). The van der Waals surface area contributed by atoms with E-state index in [9.17, 15) is 18.0 Å². The van der Waals surface area contributed by atoms with E-state index in [1.54, 1.807) is 42.0 Å². The first-order chi connectivity index (χ1) is 13.9. The molecule has 0 unspecified atom stereocenters. The van der Waals surface area contributed by atoms with E-state index in [1.807, 2.05) is 0 Å². The third kappa shape index (κ3) is 3.00. The van der Waals surface area contributed by atoms with Crippen LogP contribution in [0.5, 0.6) is 0 Å². The smallest absolute Gasteiger partial charge is 0.305 e. The first-order valence-electron chi connectivity index (χ1n) is 8.31. The number of H-pyrrole nitrogens is 1. The van der Waals surface area contributed by atoms with Gasteiger partial charge in [0, 0.05) is 33.8 Å². The normalized spacial score (nSPS) is 12.1. The van der Waals surface area contributed by atoms with Crippen LogP contribution < -0.4 is 5.56 Å². The molecule has 5 rings (SSSR count). The number of pyridine rings is 2. The number of nitrogens with zero attached hydrogens (tertiary/aromatic N) is 3. The van der Waals surface area contributed by atoms with Crippen LogP contribution in [0.3, 0.4) is 0 Å². The van der Waals surface area contributed by atoms with Gasteiger partial charge >= 0.3 is 6.18 Å². The van der Waals surface area contributed by atoms with Crippen molar-refractivity contribution in [2.45, 2.75) is 6.18 Å². The van der Waals surface area contributed by atoms with Crippen LogP contribution in [0.1, 0.15) is 5.69 Å². The first kappa shape index (κ1) is 18.0. The quantitative estimate of drug-likeness (QED) is 0.410. The lowest BCUT2D eigenvalue weighted by molar-refractivity contribution is -0.140. The number of nitrogens with one attached hydrogen (secondary N) is 1. The number of rotatable bonds is 2. The van der Waals surface area contributed by atoms with Gasteiger partial charge in [0.05, 0.1) is 5.52 Å². The largest absolute Gasteiger partial charge is 0.433 e. The molecule has 0 aliphatic heterocycles. The van der Waals surface area contributed by atoms with Crippen molar-refractivity contribution in [1.29, 1.82) is 0 Å². The van der Waals surface area contributed by atoms with Gasteiger partial charge in [-0.1, -0.05) is 6.07 Å². The van der Waals surface area contributed by atoms with E-state index >= 15 is 0 Å². The van der Waals surface area contributed by atoms with Crippen LogP contribution in [-0.4, -0.2) is 19.9 Å². The Morgan fingerprint density at radius 3 is 2.55 bits per heavy atom. The molecule has 0 radical (unpaired) electrons. The molecule has 0 amide bonds. The van der Waals surface area contributed by atoms with Gasteiger partial charge in [-0.25, -0.2) is 9.97 Å². The van der Waals surface area contributed by atoms with Crippen molar-refractivity contribution < 1.29 is 13.2 Å². The maximum Gasteiger partial charge on any atom is 0.433 e. The van der Waals surface area contributed by atoms with Gasteiger partial charge in [0.25, 0.3) is 5.56 Å². The molecule has 0 bridgehead atoms. The second-order valence-corrected chi connectivity index (χ2v) is 8.09. The Kier molecular flexibility index (Phi) is 4.00. The molecule has 0 saturated heterocycles. The fourth-order valence-electron chi connectivity index (χ4n) is 3.07. The number of aromatic amines is 1. The second kappa shape index (κ2) is 6.46. The van der Waals surface area contributed by atoms with Crippen LogP contribution in [0.2, 0.25) is 0 Å². The highest BCUT2D eigenvalue weighted by Crippen LogP contribution is 2.42. The Morgan fingerprint density at radius 2 is 1.86 bits per heavy atom. The fourth-order valence-corrected chi connectivity index (χ4v) is 4.85. The van der Waals surface area contributed by atoms with Crippen molar-refractivity contribution in [3.05, 3.63) is 64.2 Å². The predicted molar refractivity (Wildman–Crippen MR) is 107 cm³/mol. The molecule has 0 aliphatic carbocycles. The molecule has 0 aliphatic rings. The molecule has 5 nitrogen and oxygen atoms in total. The zero-order valence-corrected chi connectivity index (χ0v) is 16.0. The lowest BCUT2D eigenvalue weighted by atomic mass is 10.1. The molecule has 144 valence electrons. The van der Waals surface area contributed by atoms with Gasteiger partial charge in [0.2, 0.25) is 0 Å². The number of hydrogen-bond donors (Lipinski definition) is 1. The monoisotopic (exact) mass is 430 g/mol. The molecule has 5 aromatic heterocycles. The summed E-state index contributed by atoms with van der Waals surface area (Å²) in [5.41, 5.74) is -0.0651. The molecular formula is C19H9F3N4OS2. The van der Waals surface area contributed by atoms with Crippen molar-refractivity contribution in [1.82, 2.24) is 19.9 Å². The van der Waals surface area contributed by atoms with Crippen LogP contribution in [0.15, 0.2) is 52.9 Å². The van der Waals surface area contributed by atoms with Gasteiger partial charge in [-0.2, -0.15) is 13.2 Å². The summed E-state index contributed by atoms with van der Waals surface area (Å²) in [6.45, 7) is 0. The number of halogens is 3. The van der Waals surface area contributed by atoms with Gasteiger partial charge in [0.15, 0.2) is 0 Å². The summed E-state index contributed by atoms with van der Waals surface area (Å²) in [5.74, 6) is 0.321. The van der Waals surface area contributed by atoms with Gasteiger partial charge in [-0.3, -0.25) is 9.78 Å². The van der Waals surface area contributed by atoms with Crippen molar-refractivity contribution >= 4 is 43.1 Å². The number of thiophene rings is 2. The Labute approximate surface area is 168 Å². The van der Waals surface area contributed by atoms with E-state index in [1.165, 1.54) is 11.3 Å². The molecule has 10 heteroatoms. The van der Waals surface area contributed by atoms with E-state index in [0.717, 1.165) is 17.4 Å². The molecule has 0 spiro atoms. The summed E-state index contributed by atoms with van der Waals surface area (Å²) in [7, 11) is 0. The van der Waals surface area contributed by atoms with E-state index in [2.05, 4.69) is 19.9 Å². The molecule has 0 saturated carbocycles. The summed E-state index contributed by atoms with van der Waals surface area (Å²) in [4.78, 5) is 28.4. The van der Waals surface area contributed by atoms with E-state index < -0.39 is 17.4 Å². The summed E-state index contributed by atoms with van der Waals surface area (Å²) in [5, 5.41) is 2.23. The molecule has 0 aromatic carbocycles. The SMILES string of the molecule is O=c1[nH]c(-c2ccncc2)nc2c1sc1nc(C(F)(F)F)cc(-c3cccs3)c12. The van der Waals surface area contributed by atoms with Gasteiger partial charge in [0.1, 0.15) is 21.0 Å². The lowest BCUT2D eigenvalue weighted by Crippen LogP contribution is -2.08. The average Bonchev–Trinajstić information content (AvgIpc) is 3.35. The van der Waals surface area contributed by atoms with Gasteiger partial charge in [-0.15, -0.1) is 22.7 Å². The summed E-state index contributed by atoms with van der Waals surface area (Å²) >= 11 is 2.22. The average molecular weight is 430 g/mol. The minimum Gasteiger partial charge on any atom is -0.305 e. The number of aromatic nitrogens is 4. The molecule has 29 heavy (non-hydrogen) atoms. The zero-order chi connectivity index (χ0) is 20.2. The predicted octanol–water partition coefficient (Wildman–Crippen LogP) is 5.34. The van der Waals surface area contributed by atoms with E-state index in [4.69, 9.17) is 0 Å². The fraction of sp³-hybridized carbons (Fsp3) is 0.0526. The maximum atomic E-state index is 13.4. The maximum absolute atomic E-state index is 13.4. The topological polar surface area (TPSA) is 71.5 Å². The van der Waals surface area contributed by atoms with Crippen molar-refractivity contribution in [3.63, 3.8) is 0 Å². The molecule has 0 atom stereocenters. The Balaban J connectivity index is 1.90. The molecule has 5 heterocycles. The van der Waals surface area contributed by atoms with Crippen molar-refractivity contribution in [2.24, 2.45) is 0 Å². The Morgan fingerprint density at radius 1 is 1.07 bits per heavy atom. The minimum absolute atomic E-state index is 0.128. The molecule has 5 aromatic rings. The number of hydrogen-bond acceptors (Lipinski definition) is 6. The van der Waals surface area contributed by atoms with Crippen LogP contribution in [0, 0.1) is 0 Å². The van der Waals surface area contributed by atoms with Crippen LogP contribution >= 0.6 is 22.7 Å². The Hall–Kier alpha value is -3.11. The first-order valence-corrected chi connectivity index (χ1v) is 10.0. The van der Waals surface area contributed by atoms with E-state index in [-0.39, 0.29) is 9.53 Å². The highest BCUT2D eigenvalue weighted by molar-refractivity contribution is 7.25. The van der Waals surface area contributed by atoms with E-state index in [0.29, 0.717) is 32.7 Å². The third-order valence-corrected chi connectivity index (χ3v) is 6.30. The van der Waals surface area contributed by atoms with Crippen molar-refractivity contribution in [3.8, 4) is 21.8 Å². The molecule has 0 fully saturated rings. The van der Waals surface area contributed by atoms with Gasteiger partial charge < -0.3 is 4.98 Å². The van der Waals surface area contributed by atoms with Crippen LogP contribution in [0.4, 0.5) is 13.2 Å². The second-order valence-electron chi connectivity index (χ2n) is 6.14. The third-order valence-electron chi connectivity index (χ3n) is 4.33. The zero-order valence-electron chi connectivity index (χ0n) is 14.3. The van der Waals surface area contributed by atoms with Crippen LogP contribution in [0.25, 0.3) is 42.3 Å². The van der Waals surface area contributed by atoms with Crippen LogP contribution in [-0.2, 0) is 6.18 Å². The number of fused-ring (bicyclic) bond motifs is 3. The number of alkyl halides is 3. The summed E-state index contributed by atoms with van der Waals surface area (Å²) in [6.07, 6.45) is -1.46. The minimum atomic E-state index is -4.60. The summed E-state index contributed by atoms with van der Waals surface area (Å²) < 4.78 is 40.5. The van der Waals surface area contributed by atoms with Crippen molar-refractivity contribution in [2.75, 3.05) is 0 Å². The highest BCUT2D eigenvalue weighted by atomic mass is 32.1. The lowest BCUT2D eigenvalue weighted by Gasteiger charge is -2.09. The Bertz CT molecular complexity index is 1410.